The Morgan fingerprint density at radius 1 is 1.50 bits per heavy atom. The van der Waals surface area contributed by atoms with Gasteiger partial charge in [-0.1, -0.05) is 11.2 Å². The third-order valence-electron chi connectivity index (χ3n) is 2.93. The highest BCUT2D eigenvalue weighted by Crippen LogP contribution is 2.25. The van der Waals surface area contributed by atoms with Gasteiger partial charge >= 0.3 is 0 Å². The van der Waals surface area contributed by atoms with E-state index in [9.17, 15) is 4.79 Å². The lowest BCUT2D eigenvalue weighted by Gasteiger charge is -2.21. The second-order valence-corrected chi connectivity index (χ2v) is 5.35. The molecule has 2 aromatic rings. The second-order valence-electron chi connectivity index (χ2n) is 4.40. The van der Waals surface area contributed by atoms with Crippen molar-refractivity contribution in [2.75, 3.05) is 6.61 Å². The van der Waals surface area contributed by atoms with Gasteiger partial charge < -0.3 is 9.26 Å². The summed E-state index contributed by atoms with van der Waals surface area (Å²) in [7, 11) is 0. The molecule has 1 aliphatic rings. The van der Waals surface area contributed by atoms with Gasteiger partial charge in [0.05, 0.1) is 4.88 Å². The number of carbonyl (C=O) groups excluding carboxylic acids is 1. The van der Waals surface area contributed by atoms with Crippen molar-refractivity contribution in [2.24, 2.45) is 0 Å². The van der Waals surface area contributed by atoms with Gasteiger partial charge in [0.25, 0.3) is 5.91 Å². The van der Waals surface area contributed by atoms with Crippen molar-refractivity contribution >= 4 is 17.2 Å². The van der Waals surface area contributed by atoms with Crippen LogP contribution in [0.2, 0.25) is 0 Å². The van der Waals surface area contributed by atoms with Gasteiger partial charge in [-0.3, -0.25) is 4.79 Å². The van der Waals surface area contributed by atoms with Gasteiger partial charge in [-0.2, -0.15) is 0 Å². The number of hydrogen-bond donors (Lipinski definition) is 1. The minimum absolute atomic E-state index is 0.184. The second kappa shape index (κ2) is 6.17. The van der Waals surface area contributed by atoms with E-state index in [1.807, 2.05) is 17.5 Å². The zero-order valence-corrected chi connectivity index (χ0v) is 11.5. The number of thiophene rings is 1. The fraction of sp³-hybridized carbons (Fsp3) is 0.385. The molecule has 1 fully saturated rings. The van der Waals surface area contributed by atoms with Gasteiger partial charge in [0.1, 0.15) is 0 Å². The van der Waals surface area contributed by atoms with Crippen LogP contribution < -0.4 is 5.48 Å². The number of rotatable bonds is 4. The van der Waals surface area contributed by atoms with Crippen LogP contribution in [0.3, 0.4) is 0 Å². The topological polar surface area (TPSA) is 73.6 Å². The van der Waals surface area contributed by atoms with Gasteiger partial charge in [0.2, 0.25) is 0 Å². The average molecular weight is 294 g/mol. The summed E-state index contributed by atoms with van der Waals surface area (Å²) in [6.45, 7) is 0.660. The molecule has 1 amide bonds. The number of hydroxylamine groups is 1. The Labute approximate surface area is 119 Å². The number of amides is 1. The van der Waals surface area contributed by atoms with Crippen LogP contribution in [0.1, 0.15) is 29.8 Å². The Balaban J connectivity index is 1.57. The van der Waals surface area contributed by atoms with Gasteiger partial charge in [-0.15, -0.1) is 11.3 Å². The zero-order valence-electron chi connectivity index (χ0n) is 10.7. The number of carbonyl (C=O) groups is 1. The first-order valence-corrected chi connectivity index (χ1v) is 7.29. The highest BCUT2D eigenvalue weighted by Gasteiger charge is 2.18. The molecule has 3 rings (SSSR count). The molecule has 1 saturated heterocycles. The van der Waals surface area contributed by atoms with Crippen LogP contribution in [0, 0.1) is 0 Å². The van der Waals surface area contributed by atoms with Gasteiger partial charge in [0, 0.05) is 19.1 Å². The predicted octanol–water partition coefficient (Wildman–Crippen LogP) is 2.59. The summed E-state index contributed by atoms with van der Waals surface area (Å²) in [6.07, 6.45) is 2.46. The molecule has 0 saturated carbocycles. The molecule has 2 aromatic heterocycles. The molecule has 106 valence electrons. The minimum atomic E-state index is -0.439. The number of hydrogen-bond acceptors (Lipinski definition) is 6. The lowest BCUT2D eigenvalue weighted by atomic mass is 10.2. The van der Waals surface area contributed by atoms with Gasteiger partial charge in [-0.05, 0) is 24.3 Å². The van der Waals surface area contributed by atoms with Crippen molar-refractivity contribution in [2.45, 2.75) is 25.6 Å². The molecule has 6 nitrogen and oxygen atoms in total. The van der Waals surface area contributed by atoms with Crippen LogP contribution in [0.15, 0.2) is 28.1 Å². The lowest BCUT2D eigenvalue weighted by Crippen LogP contribution is -2.33. The number of nitrogens with zero attached hydrogens (tertiary/aromatic N) is 1. The lowest BCUT2D eigenvalue weighted by molar-refractivity contribution is -0.186. The minimum Gasteiger partial charge on any atom is -0.355 e. The highest BCUT2D eigenvalue weighted by molar-refractivity contribution is 7.13. The van der Waals surface area contributed by atoms with Gasteiger partial charge in [0.15, 0.2) is 17.7 Å². The molecule has 0 aromatic carbocycles. The third-order valence-corrected chi connectivity index (χ3v) is 3.81. The van der Waals surface area contributed by atoms with E-state index in [2.05, 4.69) is 10.6 Å². The van der Waals surface area contributed by atoms with Crippen LogP contribution in [0.5, 0.6) is 0 Å². The summed E-state index contributed by atoms with van der Waals surface area (Å²) < 4.78 is 10.5. The molecule has 1 N–H and O–H groups in total. The fourth-order valence-corrected chi connectivity index (χ4v) is 2.57. The molecule has 0 spiro atoms. The first-order chi connectivity index (χ1) is 9.83. The maximum absolute atomic E-state index is 11.9. The first-order valence-electron chi connectivity index (χ1n) is 6.41. The summed E-state index contributed by atoms with van der Waals surface area (Å²) in [5, 5.41) is 5.67. The SMILES string of the molecule is O=C(NO[C@@H]1CCCCO1)c1cc(-c2cccs2)on1. The maximum Gasteiger partial charge on any atom is 0.297 e. The van der Waals surface area contributed by atoms with E-state index in [1.54, 1.807) is 6.07 Å². The molecule has 3 heterocycles. The highest BCUT2D eigenvalue weighted by atomic mass is 32.1. The third kappa shape index (κ3) is 3.06. The van der Waals surface area contributed by atoms with E-state index >= 15 is 0 Å². The summed E-state index contributed by atoms with van der Waals surface area (Å²) in [6, 6.07) is 5.40. The zero-order chi connectivity index (χ0) is 13.8. The molecule has 1 atom stereocenters. The van der Waals surface area contributed by atoms with Gasteiger partial charge in [-0.25, -0.2) is 10.3 Å². The molecular formula is C13H14N2O4S. The Bertz CT molecular complexity index is 561. The van der Waals surface area contributed by atoms with Crippen LogP contribution in [0.25, 0.3) is 10.6 Å². The summed E-state index contributed by atoms with van der Waals surface area (Å²) >= 11 is 1.52. The van der Waals surface area contributed by atoms with E-state index in [4.69, 9.17) is 14.1 Å². The van der Waals surface area contributed by atoms with E-state index < -0.39 is 5.91 Å². The fourth-order valence-electron chi connectivity index (χ4n) is 1.89. The van der Waals surface area contributed by atoms with Crippen LogP contribution in [-0.4, -0.2) is 24.0 Å². The van der Waals surface area contributed by atoms with E-state index in [0.29, 0.717) is 12.4 Å². The number of aromatic nitrogens is 1. The molecule has 1 aliphatic heterocycles. The maximum atomic E-state index is 11.9. The van der Waals surface area contributed by atoms with Crippen molar-refractivity contribution in [1.29, 1.82) is 0 Å². The Kier molecular flexibility index (Phi) is 4.10. The predicted molar refractivity (Wildman–Crippen MR) is 72.0 cm³/mol. The van der Waals surface area contributed by atoms with Crippen molar-refractivity contribution in [1.82, 2.24) is 10.6 Å². The Morgan fingerprint density at radius 3 is 3.20 bits per heavy atom. The first kappa shape index (κ1) is 13.3. The number of nitrogens with one attached hydrogen (secondary N) is 1. The smallest absolute Gasteiger partial charge is 0.297 e. The Morgan fingerprint density at radius 2 is 2.45 bits per heavy atom. The summed E-state index contributed by atoms with van der Waals surface area (Å²) in [4.78, 5) is 18.0. The standard InChI is InChI=1S/C13H14N2O4S/c16-13(15-19-12-5-1-2-6-17-12)9-8-10(18-14-9)11-4-3-7-20-11/h3-4,7-8,12H,1-2,5-6H2,(H,15,16)/t12-/m1/s1. The van der Waals surface area contributed by atoms with Crippen LogP contribution >= 0.6 is 11.3 Å². The molecular weight excluding hydrogens is 280 g/mol. The normalized spacial score (nSPS) is 18.9. The number of ether oxygens (including phenoxy) is 1. The largest absolute Gasteiger partial charge is 0.355 e. The molecule has 0 bridgehead atoms. The molecule has 20 heavy (non-hydrogen) atoms. The van der Waals surface area contributed by atoms with Crippen molar-refractivity contribution in [3.63, 3.8) is 0 Å². The average Bonchev–Trinajstić information content (AvgIpc) is 3.16. The van der Waals surface area contributed by atoms with Crippen molar-refractivity contribution in [3.05, 3.63) is 29.3 Å². The summed E-state index contributed by atoms with van der Waals surface area (Å²) in [5.74, 6) is 0.129. The molecule has 0 radical (unpaired) electrons. The summed E-state index contributed by atoms with van der Waals surface area (Å²) in [5.41, 5.74) is 2.53. The molecule has 7 heteroatoms. The van der Waals surface area contributed by atoms with Crippen molar-refractivity contribution in [3.8, 4) is 10.6 Å². The Hall–Kier alpha value is -1.70. The van der Waals surface area contributed by atoms with E-state index in [1.165, 1.54) is 11.3 Å². The quantitative estimate of drug-likeness (QED) is 0.877. The van der Waals surface area contributed by atoms with E-state index in [-0.39, 0.29) is 12.0 Å². The molecule has 0 unspecified atom stereocenters. The van der Waals surface area contributed by atoms with E-state index in [0.717, 1.165) is 24.1 Å². The van der Waals surface area contributed by atoms with Crippen LogP contribution in [-0.2, 0) is 9.57 Å². The van der Waals surface area contributed by atoms with Crippen molar-refractivity contribution < 1.29 is 18.9 Å². The molecule has 0 aliphatic carbocycles. The monoisotopic (exact) mass is 294 g/mol. The van der Waals surface area contributed by atoms with Crippen LogP contribution in [0.4, 0.5) is 0 Å².